The minimum Gasteiger partial charge on any atom is -0.296 e. The minimum absolute atomic E-state index is 0.832. The second-order valence-electron chi connectivity index (χ2n) is 3.99. The molecule has 1 aliphatic rings. The molecule has 0 spiro atoms. The second-order valence-corrected chi connectivity index (χ2v) is 6.46. The van der Waals surface area contributed by atoms with Gasteiger partial charge in [-0.05, 0) is 13.3 Å². The van der Waals surface area contributed by atoms with Gasteiger partial charge in [-0.15, -0.1) is 11.3 Å². The van der Waals surface area contributed by atoms with E-state index in [-0.39, 0.29) is 0 Å². The Kier molecular flexibility index (Phi) is 4.05. The molecule has 0 bridgehead atoms. The first kappa shape index (κ1) is 11.4. The largest absolute Gasteiger partial charge is 0.296 e. The van der Waals surface area contributed by atoms with E-state index in [4.69, 9.17) is 0 Å². The topological polar surface area (TPSA) is 16.1 Å². The van der Waals surface area contributed by atoms with Crippen LogP contribution in [0.15, 0.2) is 5.38 Å². The van der Waals surface area contributed by atoms with Crippen LogP contribution in [0.3, 0.4) is 0 Å². The zero-order chi connectivity index (χ0) is 10.7. The first-order valence-corrected chi connectivity index (χ1v) is 7.45. The van der Waals surface area contributed by atoms with Crippen molar-refractivity contribution in [2.24, 2.45) is 0 Å². The summed E-state index contributed by atoms with van der Waals surface area (Å²) in [5, 5.41) is 4.21. The lowest BCUT2D eigenvalue weighted by Gasteiger charge is -2.31. The van der Waals surface area contributed by atoms with Gasteiger partial charge in [-0.1, -0.05) is 6.92 Å². The van der Waals surface area contributed by atoms with E-state index in [0.717, 1.165) is 11.8 Å². The van der Waals surface area contributed by atoms with Gasteiger partial charge in [-0.2, -0.15) is 11.8 Å². The van der Waals surface area contributed by atoms with Crippen LogP contribution >= 0.6 is 23.1 Å². The maximum atomic E-state index is 4.53. The Morgan fingerprint density at radius 3 is 3.13 bits per heavy atom. The summed E-state index contributed by atoms with van der Waals surface area (Å²) in [7, 11) is 0. The summed E-state index contributed by atoms with van der Waals surface area (Å²) in [6.07, 6.45) is 1.29. The van der Waals surface area contributed by atoms with Crippen LogP contribution in [-0.2, 0) is 6.54 Å². The zero-order valence-electron chi connectivity index (χ0n) is 9.40. The highest BCUT2D eigenvalue weighted by Crippen LogP contribution is 2.22. The van der Waals surface area contributed by atoms with Crippen molar-refractivity contribution >= 4 is 23.1 Å². The third-order valence-electron chi connectivity index (χ3n) is 2.73. The van der Waals surface area contributed by atoms with Crippen LogP contribution in [0.5, 0.6) is 0 Å². The van der Waals surface area contributed by atoms with E-state index in [9.17, 15) is 0 Å². The minimum atomic E-state index is 0.832. The first-order valence-electron chi connectivity index (χ1n) is 5.53. The van der Waals surface area contributed by atoms with Crippen molar-refractivity contribution in [1.82, 2.24) is 9.88 Å². The summed E-state index contributed by atoms with van der Waals surface area (Å²) >= 11 is 3.88. The average molecular weight is 242 g/mol. The number of aryl methyl sites for hydroxylation is 1. The van der Waals surface area contributed by atoms with Crippen LogP contribution in [0.2, 0.25) is 0 Å². The quantitative estimate of drug-likeness (QED) is 0.811. The molecule has 2 nitrogen and oxygen atoms in total. The van der Waals surface area contributed by atoms with E-state index in [1.807, 2.05) is 0 Å². The molecule has 0 aliphatic carbocycles. The SMILES string of the molecule is CCC1CN(Cc2csc(C)n2)CCS1. The molecule has 0 saturated carbocycles. The molecule has 1 aliphatic heterocycles. The standard InChI is InChI=1S/C11H18N2S2/c1-3-11-7-13(4-5-14-11)6-10-8-15-9(2)12-10/h8,11H,3-7H2,1-2H3. The molecule has 84 valence electrons. The van der Waals surface area contributed by atoms with Crippen molar-refractivity contribution in [3.8, 4) is 0 Å². The van der Waals surface area contributed by atoms with Crippen molar-refractivity contribution < 1.29 is 0 Å². The number of nitrogens with zero attached hydrogens (tertiary/aromatic N) is 2. The Morgan fingerprint density at radius 1 is 1.60 bits per heavy atom. The highest BCUT2D eigenvalue weighted by Gasteiger charge is 2.19. The molecular weight excluding hydrogens is 224 g/mol. The fraction of sp³-hybridized carbons (Fsp3) is 0.727. The summed E-state index contributed by atoms with van der Waals surface area (Å²) in [4.78, 5) is 7.07. The molecule has 1 unspecified atom stereocenters. The second kappa shape index (κ2) is 5.32. The van der Waals surface area contributed by atoms with Crippen LogP contribution < -0.4 is 0 Å². The first-order chi connectivity index (χ1) is 7.28. The Hall–Kier alpha value is -0.0600. The molecule has 4 heteroatoms. The van der Waals surface area contributed by atoms with Crippen LogP contribution in [0.1, 0.15) is 24.0 Å². The van der Waals surface area contributed by atoms with Crippen LogP contribution in [0, 0.1) is 6.92 Å². The number of hydrogen-bond donors (Lipinski definition) is 0. The van der Waals surface area contributed by atoms with Gasteiger partial charge >= 0.3 is 0 Å². The predicted molar refractivity (Wildman–Crippen MR) is 68.7 cm³/mol. The van der Waals surface area contributed by atoms with E-state index < -0.39 is 0 Å². The smallest absolute Gasteiger partial charge is 0.0897 e. The monoisotopic (exact) mass is 242 g/mol. The van der Waals surface area contributed by atoms with E-state index in [1.54, 1.807) is 11.3 Å². The van der Waals surface area contributed by atoms with E-state index in [2.05, 4.69) is 40.9 Å². The van der Waals surface area contributed by atoms with Gasteiger partial charge in [-0.3, -0.25) is 4.90 Å². The van der Waals surface area contributed by atoms with Gasteiger partial charge in [0, 0.05) is 36.0 Å². The third-order valence-corrected chi connectivity index (χ3v) is 4.92. The summed E-state index contributed by atoms with van der Waals surface area (Å²) in [5.74, 6) is 1.28. The maximum Gasteiger partial charge on any atom is 0.0897 e. The van der Waals surface area contributed by atoms with Crippen LogP contribution in [0.4, 0.5) is 0 Å². The molecule has 1 atom stereocenters. The van der Waals surface area contributed by atoms with Gasteiger partial charge in [0.1, 0.15) is 0 Å². The number of thiazole rings is 1. The molecule has 15 heavy (non-hydrogen) atoms. The summed E-state index contributed by atoms with van der Waals surface area (Å²) < 4.78 is 0. The van der Waals surface area contributed by atoms with Crippen molar-refractivity contribution in [3.63, 3.8) is 0 Å². The Bertz CT molecular complexity index is 311. The summed E-state index contributed by atoms with van der Waals surface area (Å²) in [5.41, 5.74) is 1.25. The lowest BCUT2D eigenvalue weighted by Crippen LogP contribution is -2.37. The molecule has 0 radical (unpaired) electrons. The molecule has 2 heterocycles. The highest BCUT2D eigenvalue weighted by atomic mass is 32.2. The molecule has 1 aromatic heterocycles. The van der Waals surface area contributed by atoms with Crippen molar-refractivity contribution in [3.05, 3.63) is 16.1 Å². The molecule has 1 saturated heterocycles. The van der Waals surface area contributed by atoms with Gasteiger partial charge in [0.05, 0.1) is 10.7 Å². The van der Waals surface area contributed by atoms with E-state index in [1.165, 1.54) is 36.0 Å². The Labute approximate surface area is 100 Å². The van der Waals surface area contributed by atoms with Crippen molar-refractivity contribution in [2.45, 2.75) is 32.1 Å². The fourth-order valence-corrected chi connectivity index (χ4v) is 3.73. The fourth-order valence-electron chi connectivity index (χ4n) is 1.88. The summed E-state index contributed by atoms with van der Waals surface area (Å²) in [6.45, 7) is 7.86. The normalized spacial score (nSPS) is 23.2. The lowest BCUT2D eigenvalue weighted by atomic mass is 10.3. The van der Waals surface area contributed by atoms with Gasteiger partial charge in [0.25, 0.3) is 0 Å². The predicted octanol–water partition coefficient (Wildman–Crippen LogP) is 2.78. The molecule has 2 rings (SSSR count). The van der Waals surface area contributed by atoms with Crippen LogP contribution in [0.25, 0.3) is 0 Å². The lowest BCUT2D eigenvalue weighted by molar-refractivity contribution is 0.270. The highest BCUT2D eigenvalue weighted by molar-refractivity contribution is 8.00. The van der Waals surface area contributed by atoms with E-state index >= 15 is 0 Å². The van der Waals surface area contributed by atoms with Crippen molar-refractivity contribution in [2.75, 3.05) is 18.8 Å². The van der Waals surface area contributed by atoms with Crippen molar-refractivity contribution in [1.29, 1.82) is 0 Å². The Morgan fingerprint density at radius 2 is 2.47 bits per heavy atom. The molecule has 0 aromatic carbocycles. The molecule has 1 aromatic rings. The molecular formula is C11H18N2S2. The van der Waals surface area contributed by atoms with Gasteiger partial charge in [0.15, 0.2) is 0 Å². The molecule has 1 fully saturated rings. The zero-order valence-corrected chi connectivity index (χ0v) is 11.0. The molecule has 0 amide bonds. The van der Waals surface area contributed by atoms with Crippen LogP contribution in [-0.4, -0.2) is 34.0 Å². The summed E-state index contributed by atoms with van der Waals surface area (Å²) in [6, 6.07) is 0. The number of rotatable bonds is 3. The third kappa shape index (κ3) is 3.20. The Balaban J connectivity index is 1.88. The maximum absolute atomic E-state index is 4.53. The number of hydrogen-bond acceptors (Lipinski definition) is 4. The average Bonchev–Trinajstić information content (AvgIpc) is 2.64. The van der Waals surface area contributed by atoms with Gasteiger partial charge in [0.2, 0.25) is 0 Å². The molecule has 0 N–H and O–H groups in total. The number of thioether (sulfide) groups is 1. The van der Waals surface area contributed by atoms with Gasteiger partial charge < -0.3 is 0 Å². The van der Waals surface area contributed by atoms with Gasteiger partial charge in [-0.25, -0.2) is 4.98 Å². The number of aromatic nitrogens is 1. The van der Waals surface area contributed by atoms with E-state index in [0.29, 0.717) is 0 Å².